The van der Waals surface area contributed by atoms with Crippen molar-refractivity contribution in [2.45, 2.75) is 46.6 Å². The second-order valence-electron chi connectivity index (χ2n) is 5.51. The predicted octanol–water partition coefficient (Wildman–Crippen LogP) is 2.31. The molecular formula is C12H25NO2. The molecule has 0 aliphatic heterocycles. The van der Waals surface area contributed by atoms with Gasteiger partial charge in [0.15, 0.2) is 0 Å². The Morgan fingerprint density at radius 1 is 1.33 bits per heavy atom. The SMILES string of the molecule is CC(C)CCN(C)CC(=O)OC(C)(C)C. The lowest BCUT2D eigenvalue weighted by molar-refractivity contribution is -0.155. The molecule has 0 aliphatic carbocycles. The Bertz CT molecular complexity index is 194. The first-order chi connectivity index (χ1) is 6.70. The van der Waals surface area contributed by atoms with Crippen LogP contribution in [0.5, 0.6) is 0 Å². The van der Waals surface area contributed by atoms with Gasteiger partial charge in [-0.2, -0.15) is 0 Å². The Morgan fingerprint density at radius 3 is 2.27 bits per heavy atom. The van der Waals surface area contributed by atoms with Crippen LogP contribution in [0.2, 0.25) is 0 Å². The van der Waals surface area contributed by atoms with Crippen LogP contribution in [0.1, 0.15) is 41.0 Å². The fourth-order valence-corrected chi connectivity index (χ4v) is 1.15. The van der Waals surface area contributed by atoms with E-state index in [0.717, 1.165) is 13.0 Å². The fourth-order valence-electron chi connectivity index (χ4n) is 1.15. The third kappa shape index (κ3) is 9.73. The Balaban J connectivity index is 3.77. The van der Waals surface area contributed by atoms with Crippen molar-refractivity contribution in [1.82, 2.24) is 4.90 Å². The molecule has 3 nitrogen and oxygen atoms in total. The highest BCUT2D eigenvalue weighted by atomic mass is 16.6. The molecule has 0 spiro atoms. The number of likely N-dealkylation sites (N-methyl/N-ethyl adjacent to an activating group) is 1. The molecule has 90 valence electrons. The number of rotatable bonds is 5. The minimum atomic E-state index is -0.379. The van der Waals surface area contributed by atoms with Crippen LogP contribution in [0.4, 0.5) is 0 Å². The van der Waals surface area contributed by atoms with Crippen LogP contribution in [0.25, 0.3) is 0 Å². The van der Waals surface area contributed by atoms with E-state index in [1.54, 1.807) is 0 Å². The molecule has 0 atom stereocenters. The molecule has 3 heteroatoms. The van der Waals surface area contributed by atoms with E-state index in [-0.39, 0.29) is 11.6 Å². The van der Waals surface area contributed by atoms with Crippen LogP contribution in [-0.4, -0.2) is 36.6 Å². The van der Waals surface area contributed by atoms with E-state index in [1.165, 1.54) is 0 Å². The summed E-state index contributed by atoms with van der Waals surface area (Å²) in [6.07, 6.45) is 1.11. The Labute approximate surface area is 93.8 Å². The van der Waals surface area contributed by atoms with Gasteiger partial charge in [-0.25, -0.2) is 0 Å². The summed E-state index contributed by atoms with van der Waals surface area (Å²) in [5, 5.41) is 0. The molecule has 0 unspecified atom stereocenters. The number of carbonyl (C=O) groups excluding carboxylic acids is 1. The second-order valence-corrected chi connectivity index (χ2v) is 5.51. The molecule has 0 saturated heterocycles. The lowest BCUT2D eigenvalue weighted by Gasteiger charge is -2.22. The van der Waals surface area contributed by atoms with Crippen LogP contribution in [0.15, 0.2) is 0 Å². The molecule has 15 heavy (non-hydrogen) atoms. The summed E-state index contributed by atoms with van der Waals surface area (Å²) in [6, 6.07) is 0. The maximum atomic E-state index is 11.4. The quantitative estimate of drug-likeness (QED) is 0.659. The monoisotopic (exact) mass is 215 g/mol. The van der Waals surface area contributed by atoms with Crippen molar-refractivity contribution in [3.8, 4) is 0 Å². The molecule has 0 heterocycles. The summed E-state index contributed by atoms with van der Waals surface area (Å²) in [5.41, 5.74) is -0.379. The van der Waals surface area contributed by atoms with Crippen molar-refractivity contribution in [3.05, 3.63) is 0 Å². The van der Waals surface area contributed by atoms with Crippen LogP contribution in [-0.2, 0) is 9.53 Å². The lowest BCUT2D eigenvalue weighted by Crippen LogP contribution is -2.33. The Hall–Kier alpha value is -0.570. The van der Waals surface area contributed by atoms with Crippen molar-refractivity contribution in [2.75, 3.05) is 20.1 Å². The van der Waals surface area contributed by atoms with Crippen LogP contribution < -0.4 is 0 Å². The summed E-state index contributed by atoms with van der Waals surface area (Å²) < 4.78 is 5.23. The van der Waals surface area contributed by atoms with E-state index in [4.69, 9.17) is 4.74 Å². The number of esters is 1. The van der Waals surface area contributed by atoms with Crippen molar-refractivity contribution >= 4 is 5.97 Å². The Morgan fingerprint density at radius 2 is 1.87 bits per heavy atom. The van der Waals surface area contributed by atoms with E-state index in [0.29, 0.717) is 12.5 Å². The first kappa shape index (κ1) is 14.4. The highest BCUT2D eigenvalue weighted by Gasteiger charge is 2.17. The summed E-state index contributed by atoms with van der Waals surface area (Å²) in [4.78, 5) is 13.5. The van der Waals surface area contributed by atoms with Gasteiger partial charge >= 0.3 is 5.97 Å². The third-order valence-corrected chi connectivity index (χ3v) is 1.91. The topological polar surface area (TPSA) is 29.5 Å². The molecule has 0 fully saturated rings. The van der Waals surface area contributed by atoms with E-state index >= 15 is 0 Å². The second kappa shape index (κ2) is 6.11. The van der Waals surface area contributed by atoms with Gasteiger partial charge in [0.05, 0.1) is 6.54 Å². The van der Waals surface area contributed by atoms with Gasteiger partial charge in [0.1, 0.15) is 5.60 Å². The zero-order chi connectivity index (χ0) is 12.1. The lowest BCUT2D eigenvalue weighted by atomic mass is 10.1. The summed E-state index contributed by atoms with van der Waals surface area (Å²) in [6.45, 7) is 11.3. The minimum Gasteiger partial charge on any atom is -0.459 e. The standard InChI is InChI=1S/C12H25NO2/c1-10(2)7-8-13(6)9-11(14)15-12(3,4)5/h10H,7-9H2,1-6H3. The van der Waals surface area contributed by atoms with Gasteiger partial charge in [0, 0.05) is 0 Å². The van der Waals surface area contributed by atoms with Crippen LogP contribution in [0.3, 0.4) is 0 Å². The predicted molar refractivity (Wildman–Crippen MR) is 62.8 cm³/mol. The maximum absolute atomic E-state index is 11.4. The van der Waals surface area contributed by atoms with Crippen LogP contribution >= 0.6 is 0 Å². The minimum absolute atomic E-state index is 0.145. The number of hydrogen-bond acceptors (Lipinski definition) is 3. The molecule has 0 bridgehead atoms. The largest absolute Gasteiger partial charge is 0.459 e. The molecule has 0 rings (SSSR count). The molecule has 0 aromatic rings. The van der Waals surface area contributed by atoms with Gasteiger partial charge in [-0.3, -0.25) is 9.69 Å². The zero-order valence-electron chi connectivity index (χ0n) is 11.0. The van der Waals surface area contributed by atoms with Crippen molar-refractivity contribution in [2.24, 2.45) is 5.92 Å². The molecule has 0 radical (unpaired) electrons. The normalized spacial score (nSPS) is 12.3. The summed E-state index contributed by atoms with van der Waals surface area (Å²) >= 11 is 0. The Kier molecular flexibility index (Phi) is 5.88. The number of nitrogens with zero attached hydrogens (tertiary/aromatic N) is 1. The van der Waals surface area contributed by atoms with Gasteiger partial charge < -0.3 is 4.74 Å². The van der Waals surface area contributed by atoms with E-state index in [9.17, 15) is 4.79 Å². The van der Waals surface area contributed by atoms with Gasteiger partial charge in [0.25, 0.3) is 0 Å². The van der Waals surface area contributed by atoms with Crippen LogP contribution in [0, 0.1) is 5.92 Å². The van der Waals surface area contributed by atoms with Gasteiger partial charge in [0.2, 0.25) is 0 Å². The molecule has 0 N–H and O–H groups in total. The van der Waals surface area contributed by atoms with Gasteiger partial charge in [-0.05, 0) is 46.7 Å². The maximum Gasteiger partial charge on any atom is 0.320 e. The van der Waals surface area contributed by atoms with E-state index in [1.807, 2.05) is 32.7 Å². The molecule has 0 aromatic carbocycles. The van der Waals surface area contributed by atoms with Crippen molar-refractivity contribution in [3.63, 3.8) is 0 Å². The number of ether oxygens (including phenoxy) is 1. The highest BCUT2D eigenvalue weighted by Crippen LogP contribution is 2.07. The van der Waals surface area contributed by atoms with Gasteiger partial charge in [-0.1, -0.05) is 13.8 Å². The highest BCUT2D eigenvalue weighted by molar-refractivity contribution is 5.72. The fraction of sp³-hybridized carbons (Fsp3) is 0.917. The van der Waals surface area contributed by atoms with Gasteiger partial charge in [-0.15, -0.1) is 0 Å². The molecule has 0 aromatic heterocycles. The molecule has 0 aliphatic rings. The average Bonchev–Trinajstić information content (AvgIpc) is 1.96. The summed E-state index contributed by atoms with van der Waals surface area (Å²) in [7, 11) is 1.95. The summed E-state index contributed by atoms with van der Waals surface area (Å²) in [5.74, 6) is 0.528. The first-order valence-electron chi connectivity index (χ1n) is 5.61. The number of carbonyl (C=O) groups is 1. The number of hydrogen-bond donors (Lipinski definition) is 0. The third-order valence-electron chi connectivity index (χ3n) is 1.91. The molecule has 0 saturated carbocycles. The van der Waals surface area contributed by atoms with Crippen molar-refractivity contribution in [1.29, 1.82) is 0 Å². The zero-order valence-corrected chi connectivity index (χ0v) is 11.0. The first-order valence-corrected chi connectivity index (χ1v) is 5.61. The van der Waals surface area contributed by atoms with Crippen molar-refractivity contribution < 1.29 is 9.53 Å². The molecular weight excluding hydrogens is 190 g/mol. The van der Waals surface area contributed by atoms with E-state index < -0.39 is 0 Å². The average molecular weight is 215 g/mol. The smallest absolute Gasteiger partial charge is 0.320 e. The van der Waals surface area contributed by atoms with E-state index in [2.05, 4.69) is 13.8 Å². The molecule has 0 amide bonds.